The number of hydrogen-bond acceptors (Lipinski definition) is 6. The maximum atomic E-state index is 13.4. The van der Waals surface area contributed by atoms with Crippen LogP contribution in [-0.2, 0) is 23.9 Å². The van der Waals surface area contributed by atoms with Gasteiger partial charge in [0, 0.05) is 13.0 Å². The van der Waals surface area contributed by atoms with E-state index < -0.39 is 35.6 Å². The Kier molecular flexibility index (Phi) is 10.0. The van der Waals surface area contributed by atoms with Crippen molar-refractivity contribution in [3.63, 3.8) is 0 Å². The first-order valence-corrected chi connectivity index (χ1v) is 10.8. The van der Waals surface area contributed by atoms with Gasteiger partial charge in [-0.2, -0.15) is 0 Å². The summed E-state index contributed by atoms with van der Waals surface area (Å²) in [5, 5.41) is 10.0. The van der Waals surface area contributed by atoms with E-state index in [0.29, 0.717) is 5.92 Å². The van der Waals surface area contributed by atoms with Gasteiger partial charge in [0.15, 0.2) is 0 Å². The number of amides is 1. The molecule has 0 radical (unpaired) electrons. The van der Waals surface area contributed by atoms with Crippen LogP contribution in [0.4, 0.5) is 0 Å². The zero-order valence-electron chi connectivity index (χ0n) is 19.3. The molecule has 30 heavy (non-hydrogen) atoms. The van der Waals surface area contributed by atoms with Gasteiger partial charge in [0.2, 0.25) is 5.91 Å². The Morgan fingerprint density at radius 2 is 1.87 bits per heavy atom. The summed E-state index contributed by atoms with van der Waals surface area (Å²) in [4.78, 5) is 39.4. The van der Waals surface area contributed by atoms with E-state index in [0.717, 1.165) is 19.3 Å². The van der Waals surface area contributed by atoms with Gasteiger partial charge < -0.3 is 19.5 Å². The van der Waals surface area contributed by atoms with Crippen LogP contribution in [0.25, 0.3) is 0 Å². The van der Waals surface area contributed by atoms with Crippen molar-refractivity contribution in [2.45, 2.75) is 84.5 Å². The lowest BCUT2D eigenvalue weighted by Crippen LogP contribution is -2.46. The lowest BCUT2D eigenvalue weighted by atomic mass is 9.84. The minimum Gasteiger partial charge on any atom is -0.467 e. The van der Waals surface area contributed by atoms with Crippen LogP contribution < -0.4 is 0 Å². The van der Waals surface area contributed by atoms with E-state index in [1.54, 1.807) is 20.8 Å². The first-order valence-electron chi connectivity index (χ1n) is 10.8. The Morgan fingerprint density at radius 3 is 2.40 bits per heavy atom. The number of methoxy groups -OCH3 is 1. The highest BCUT2D eigenvalue weighted by Gasteiger charge is 2.43. The highest BCUT2D eigenvalue weighted by Crippen LogP contribution is 2.30. The summed E-state index contributed by atoms with van der Waals surface area (Å²) in [6.45, 7) is 13.2. The molecule has 7 heteroatoms. The third-order valence-corrected chi connectivity index (χ3v) is 5.57. The van der Waals surface area contributed by atoms with Gasteiger partial charge in [-0.15, -0.1) is 6.58 Å². The highest BCUT2D eigenvalue weighted by atomic mass is 16.6. The highest BCUT2D eigenvalue weighted by molar-refractivity contribution is 5.89. The molecule has 0 aliphatic carbocycles. The maximum Gasteiger partial charge on any atom is 0.328 e. The Labute approximate surface area is 180 Å². The third-order valence-electron chi connectivity index (χ3n) is 5.57. The fourth-order valence-electron chi connectivity index (χ4n) is 3.81. The fourth-order valence-corrected chi connectivity index (χ4v) is 3.81. The lowest BCUT2D eigenvalue weighted by Gasteiger charge is -2.31. The molecule has 5 atom stereocenters. The van der Waals surface area contributed by atoms with E-state index in [-0.39, 0.29) is 31.2 Å². The molecule has 1 aliphatic rings. The molecule has 0 saturated carbocycles. The monoisotopic (exact) mass is 425 g/mol. The number of esters is 2. The standard InChI is InChI=1S/C23H39NO6/c1-8-15(2)10-9-11-16(3)18(13-20(26)30-23(4,5)6)21(27)24-14-17(25)12-19(24)22(28)29-7/h8,15-19,25H,1,9-14H2,2-7H3/t15?,16-,17-,18+,19?/m1/s1. The third kappa shape index (κ3) is 8.09. The number of carbonyl (C=O) groups is 3. The maximum absolute atomic E-state index is 13.4. The first-order chi connectivity index (χ1) is 13.9. The van der Waals surface area contributed by atoms with Gasteiger partial charge in [-0.3, -0.25) is 9.59 Å². The fraction of sp³-hybridized carbons (Fsp3) is 0.783. The van der Waals surface area contributed by atoms with Crippen LogP contribution in [0.2, 0.25) is 0 Å². The summed E-state index contributed by atoms with van der Waals surface area (Å²) in [6.07, 6.45) is 3.81. The second-order valence-electron chi connectivity index (χ2n) is 9.44. The quantitative estimate of drug-likeness (QED) is 0.427. The summed E-state index contributed by atoms with van der Waals surface area (Å²) in [6, 6.07) is -0.827. The normalized spacial score (nSPS) is 22.2. The van der Waals surface area contributed by atoms with Crippen molar-refractivity contribution >= 4 is 17.8 Å². The molecule has 1 saturated heterocycles. The molecule has 0 aromatic carbocycles. The Bertz CT molecular complexity index is 611. The molecule has 0 bridgehead atoms. The number of carbonyl (C=O) groups excluding carboxylic acids is 3. The number of aliphatic hydroxyl groups is 1. The number of rotatable bonds is 10. The molecule has 1 fully saturated rings. The predicted octanol–water partition coefficient (Wildman–Crippen LogP) is 3.10. The number of aliphatic hydroxyl groups excluding tert-OH is 1. The van der Waals surface area contributed by atoms with Gasteiger partial charge in [-0.1, -0.05) is 26.3 Å². The van der Waals surface area contributed by atoms with Crippen molar-refractivity contribution in [2.75, 3.05) is 13.7 Å². The topological polar surface area (TPSA) is 93.1 Å². The molecule has 1 aliphatic heterocycles. The SMILES string of the molecule is C=CC(C)CCC[C@@H](C)[C@H](CC(=O)OC(C)(C)C)C(=O)N1C[C@H](O)CC1C(=O)OC. The molecule has 1 rings (SSSR count). The molecule has 1 amide bonds. The van der Waals surface area contributed by atoms with Gasteiger partial charge in [-0.25, -0.2) is 4.79 Å². The summed E-state index contributed by atoms with van der Waals surface area (Å²) >= 11 is 0. The second kappa shape index (κ2) is 11.5. The van der Waals surface area contributed by atoms with E-state index in [9.17, 15) is 19.5 Å². The Hall–Kier alpha value is -1.89. The largest absolute Gasteiger partial charge is 0.467 e. The van der Waals surface area contributed by atoms with Gasteiger partial charge in [0.05, 0.1) is 25.6 Å². The second-order valence-corrected chi connectivity index (χ2v) is 9.44. The van der Waals surface area contributed by atoms with Crippen LogP contribution in [0.5, 0.6) is 0 Å². The van der Waals surface area contributed by atoms with Crippen molar-refractivity contribution in [1.82, 2.24) is 4.90 Å². The minimum atomic E-state index is -0.827. The molecule has 1 heterocycles. The van der Waals surface area contributed by atoms with Crippen LogP contribution in [0.15, 0.2) is 12.7 Å². The minimum absolute atomic E-state index is 0.0592. The average molecular weight is 426 g/mol. The van der Waals surface area contributed by atoms with Gasteiger partial charge in [-0.05, 0) is 45.4 Å². The van der Waals surface area contributed by atoms with E-state index in [1.807, 2.05) is 13.0 Å². The zero-order valence-corrected chi connectivity index (χ0v) is 19.3. The van der Waals surface area contributed by atoms with Crippen molar-refractivity contribution < 1.29 is 29.0 Å². The lowest BCUT2D eigenvalue weighted by molar-refractivity contribution is -0.160. The average Bonchev–Trinajstić information content (AvgIpc) is 3.04. The smallest absolute Gasteiger partial charge is 0.328 e. The Balaban J connectivity index is 2.99. The van der Waals surface area contributed by atoms with Gasteiger partial charge in [0.1, 0.15) is 11.6 Å². The molecule has 0 spiro atoms. The number of allylic oxidation sites excluding steroid dienone is 1. The number of likely N-dealkylation sites (tertiary alicyclic amines) is 1. The molecular formula is C23H39NO6. The van der Waals surface area contributed by atoms with Crippen molar-refractivity contribution in [3.8, 4) is 0 Å². The van der Waals surface area contributed by atoms with Crippen LogP contribution in [0, 0.1) is 17.8 Å². The molecule has 172 valence electrons. The van der Waals surface area contributed by atoms with Crippen LogP contribution in [0.3, 0.4) is 0 Å². The predicted molar refractivity (Wildman–Crippen MR) is 114 cm³/mol. The van der Waals surface area contributed by atoms with E-state index in [4.69, 9.17) is 9.47 Å². The summed E-state index contributed by atoms with van der Waals surface area (Å²) < 4.78 is 10.3. The van der Waals surface area contributed by atoms with E-state index in [2.05, 4.69) is 13.5 Å². The number of hydrogen-bond donors (Lipinski definition) is 1. The van der Waals surface area contributed by atoms with Crippen molar-refractivity contribution in [3.05, 3.63) is 12.7 Å². The summed E-state index contributed by atoms with van der Waals surface area (Å²) in [5.41, 5.74) is -0.647. The molecule has 7 nitrogen and oxygen atoms in total. The molecule has 0 aromatic rings. The van der Waals surface area contributed by atoms with Crippen LogP contribution in [-0.4, -0.2) is 59.3 Å². The van der Waals surface area contributed by atoms with Crippen molar-refractivity contribution in [2.24, 2.45) is 17.8 Å². The van der Waals surface area contributed by atoms with E-state index >= 15 is 0 Å². The molecule has 0 aromatic heterocycles. The van der Waals surface area contributed by atoms with Crippen molar-refractivity contribution in [1.29, 1.82) is 0 Å². The van der Waals surface area contributed by atoms with Gasteiger partial charge >= 0.3 is 11.9 Å². The molecule has 2 unspecified atom stereocenters. The first kappa shape index (κ1) is 26.1. The summed E-state index contributed by atoms with van der Waals surface area (Å²) in [5.74, 6) is -1.63. The molecular weight excluding hydrogens is 386 g/mol. The van der Waals surface area contributed by atoms with Gasteiger partial charge in [0.25, 0.3) is 0 Å². The van der Waals surface area contributed by atoms with Crippen LogP contribution in [0.1, 0.15) is 66.7 Å². The van der Waals surface area contributed by atoms with E-state index in [1.165, 1.54) is 12.0 Å². The number of ether oxygens (including phenoxy) is 2. The summed E-state index contributed by atoms with van der Waals surface area (Å²) in [7, 11) is 1.26. The molecule has 1 N–H and O–H groups in total. The van der Waals surface area contributed by atoms with Crippen LogP contribution >= 0.6 is 0 Å². The number of nitrogens with zero attached hydrogens (tertiary/aromatic N) is 1. The Morgan fingerprint density at radius 1 is 1.23 bits per heavy atom. The number of β-amino-alcohol motifs (C(OH)–C–C–N with tert-alkyl or cyclic N) is 1. The zero-order chi connectivity index (χ0) is 23.1.